The highest BCUT2D eigenvalue weighted by Gasteiger charge is 2.08. The molecule has 1 amide bonds. The summed E-state index contributed by atoms with van der Waals surface area (Å²) in [6.07, 6.45) is 0. The van der Waals surface area contributed by atoms with Crippen LogP contribution < -0.4 is 5.32 Å². The smallest absolute Gasteiger partial charge is 0.255 e. The fourth-order valence-corrected chi connectivity index (χ4v) is 1.81. The van der Waals surface area contributed by atoms with Crippen molar-refractivity contribution in [1.82, 2.24) is 0 Å². The minimum atomic E-state index is -0.125. The number of carbonyl (C=O) groups is 1. The molecule has 0 aliphatic heterocycles. The third-order valence-electron chi connectivity index (χ3n) is 2.96. The van der Waals surface area contributed by atoms with E-state index >= 15 is 0 Å². The Bertz CT molecular complexity index is 576. The first-order valence-corrected chi connectivity index (χ1v) is 6.09. The Morgan fingerprint density at radius 1 is 1.06 bits per heavy atom. The van der Waals surface area contributed by atoms with E-state index in [1.54, 1.807) is 24.3 Å². The fourth-order valence-electron chi connectivity index (χ4n) is 1.68. The number of carbonyl (C=O) groups excluding carboxylic acids is 1. The van der Waals surface area contributed by atoms with Gasteiger partial charge in [0.25, 0.3) is 5.91 Å². The monoisotopic (exact) mass is 259 g/mol. The van der Waals surface area contributed by atoms with E-state index in [0.29, 0.717) is 10.6 Å². The number of hydrogen-bond acceptors (Lipinski definition) is 1. The predicted molar refractivity (Wildman–Crippen MR) is 75.3 cm³/mol. The molecule has 0 radical (unpaired) electrons. The molecule has 0 saturated heterocycles. The highest BCUT2D eigenvalue weighted by molar-refractivity contribution is 6.30. The van der Waals surface area contributed by atoms with Gasteiger partial charge in [-0.05, 0) is 55.3 Å². The SMILES string of the molecule is Cc1cccc(NC(=O)c2ccc(Cl)cc2)c1C. The number of anilines is 1. The van der Waals surface area contributed by atoms with Crippen LogP contribution >= 0.6 is 11.6 Å². The zero-order chi connectivity index (χ0) is 13.1. The summed E-state index contributed by atoms with van der Waals surface area (Å²) in [7, 11) is 0. The van der Waals surface area contributed by atoms with Gasteiger partial charge in [-0.3, -0.25) is 4.79 Å². The third-order valence-corrected chi connectivity index (χ3v) is 3.21. The lowest BCUT2D eigenvalue weighted by atomic mass is 10.1. The van der Waals surface area contributed by atoms with E-state index in [1.807, 2.05) is 32.0 Å². The van der Waals surface area contributed by atoms with Gasteiger partial charge in [-0.1, -0.05) is 23.7 Å². The van der Waals surface area contributed by atoms with Crippen LogP contribution in [0, 0.1) is 13.8 Å². The maximum Gasteiger partial charge on any atom is 0.255 e. The van der Waals surface area contributed by atoms with Crippen LogP contribution in [-0.2, 0) is 0 Å². The molecule has 2 aromatic rings. The average molecular weight is 260 g/mol. The summed E-state index contributed by atoms with van der Waals surface area (Å²) in [6.45, 7) is 4.01. The molecular weight excluding hydrogens is 246 g/mol. The van der Waals surface area contributed by atoms with Gasteiger partial charge in [-0.15, -0.1) is 0 Å². The number of hydrogen-bond donors (Lipinski definition) is 1. The maximum atomic E-state index is 12.0. The van der Waals surface area contributed by atoms with Gasteiger partial charge >= 0.3 is 0 Å². The molecule has 0 aromatic heterocycles. The zero-order valence-corrected chi connectivity index (χ0v) is 11.1. The highest BCUT2D eigenvalue weighted by Crippen LogP contribution is 2.19. The van der Waals surface area contributed by atoms with E-state index in [9.17, 15) is 4.79 Å². The molecule has 3 heteroatoms. The van der Waals surface area contributed by atoms with Crippen LogP contribution in [0.5, 0.6) is 0 Å². The normalized spacial score (nSPS) is 10.2. The summed E-state index contributed by atoms with van der Waals surface area (Å²) in [5.74, 6) is -0.125. The molecule has 0 bridgehead atoms. The molecule has 0 aliphatic carbocycles. The molecule has 2 nitrogen and oxygen atoms in total. The second-order valence-electron chi connectivity index (χ2n) is 4.21. The quantitative estimate of drug-likeness (QED) is 0.860. The molecule has 2 rings (SSSR count). The van der Waals surface area contributed by atoms with Crippen molar-refractivity contribution in [2.45, 2.75) is 13.8 Å². The van der Waals surface area contributed by atoms with Gasteiger partial charge in [0, 0.05) is 16.3 Å². The maximum absolute atomic E-state index is 12.0. The van der Waals surface area contributed by atoms with Crippen molar-refractivity contribution in [3.63, 3.8) is 0 Å². The third kappa shape index (κ3) is 2.71. The summed E-state index contributed by atoms with van der Waals surface area (Å²) in [4.78, 5) is 12.0. The van der Waals surface area contributed by atoms with Crippen molar-refractivity contribution in [2.24, 2.45) is 0 Å². The van der Waals surface area contributed by atoms with Crippen molar-refractivity contribution in [2.75, 3.05) is 5.32 Å². The molecule has 0 saturated carbocycles. The van der Waals surface area contributed by atoms with E-state index in [4.69, 9.17) is 11.6 Å². The van der Waals surface area contributed by atoms with Gasteiger partial charge in [-0.25, -0.2) is 0 Å². The summed E-state index contributed by atoms with van der Waals surface area (Å²) in [5.41, 5.74) is 3.68. The second-order valence-corrected chi connectivity index (χ2v) is 4.64. The molecule has 0 atom stereocenters. The largest absolute Gasteiger partial charge is 0.322 e. The van der Waals surface area contributed by atoms with E-state index in [-0.39, 0.29) is 5.91 Å². The standard InChI is InChI=1S/C15H14ClNO/c1-10-4-3-5-14(11(10)2)17-15(18)12-6-8-13(16)9-7-12/h3-9H,1-2H3,(H,17,18). The number of benzene rings is 2. The number of rotatable bonds is 2. The van der Waals surface area contributed by atoms with E-state index < -0.39 is 0 Å². The van der Waals surface area contributed by atoms with Crippen LogP contribution in [0.15, 0.2) is 42.5 Å². The van der Waals surface area contributed by atoms with Crippen LogP contribution in [-0.4, -0.2) is 5.91 Å². The summed E-state index contributed by atoms with van der Waals surface area (Å²) in [5, 5.41) is 3.53. The van der Waals surface area contributed by atoms with E-state index in [2.05, 4.69) is 5.32 Å². The number of aryl methyl sites for hydroxylation is 1. The molecule has 0 spiro atoms. The molecule has 0 heterocycles. The number of amides is 1. The van der Waals surface area contributed by atoms with Crippen molar-refractivity contribution in [1.29, 1.82) is 0 Å². The Hall–Kier alpha value is -1.80. The van der Waals surface area contributed by atoms with Crippen molar-refractivity contribution in [3.8, 4) is 0 Å². The Kier molecular flexibility index (Phi) is 3.68. The average Bonchev–Trinajstić information content (AvgIpc) is 2.36. The molecule has 18 heavy (non-hydrogen) atoms. The van der Waals surface area contributed by atoms with Crippen LogP contribution in [0.4, 0.5) is 5.69 Å². The molecule has 1 N–H and O–H groups in total. The van der Waals surface area contributed by atoms with Gasteiger partial charge in [0.1, 0.15) is 0 Å². The van der Waals surface area contributed by atoms with Gasteiger partial charge in [0.05, 0.1) is 0 Å². The van der Waals surface area contributed by atoms with Gasteiger partial charge in [0.15, 0.2) is 0 Å². The first-order valence-electron chi connectivity index (χ1n) is 5.71. The summed E-state index contributed by atoms with van der Waals surface area (Å²) >= 11 is 5.79. The Morgan fingerprint density at radius 3 is 2.39 bits per heavy atom. The van der Waals surface area contributed by atoms with Gasteiger partial charge < -0.3 is 5.32 Å². The van der Waals surface area contributed by atoms with Crippen molar-refractivity contribution in [3.05, 3.63) is 64.2 Å². The molecular formula is C15H14ClNO. The zero-order valence-electron chi connectivity index (χ0n) is 10.3. The molecule has 0 fully saturated rings. The lowest BCUT2D eigenvalue weighted by molar-refractivity contribution is 0.102. The number of halogens is 1. The van der Waals surface area contributed by atoms with Crippen molar-refractivity contribution < 1.29 is 4.79 Å². The Labute approximate surface area is 112 Å². The molecule has 0 unspecified atom stereocenters. The lowest BCUT2D eigenvalue weighted by Gasteiger charge is -2.10. The molecule has 2 aromatic carbocycles. The first kappa shape index (κ1) is 12.7. The second kappa shape index (κ2) is 5.23. The van der Waals surface area contributed by atoms with Crippen LogP contribution in [0.3, 0.4) is 0 Å². The summed E-state index contributed by atoms with van der Waals surface area (Å²) in [6, 6.07) is 12.7. The number of nitrogens with one attached hydrogen (secondary N) is 1. The van der Waals surface area contributed by atoms with Gasteiger partial charge in [0.2, 0.25) is 0 Å². The van der Waals surface area contributed by atoms with Crippen molar-refractivity contribution >= 4 is 23.2 Å². The molecule has 92 valence electrons. The van der Waals surface area contributed by atoms with Gasteiger partial charge in [-0.2, -0.15) is 0 Å². The topological polar surface area (TPSA) is 29.1 Å². The Morgan fingerprint density at radius 2 is 1.72 bits per heavy atom. The van der Waals surface area contributed by atoms with E-state index in [1.165, 1.54) is 0 Å². The first-order chi connectivity index (χ1) is 8.58. The molecule has 0 aliphatic rings. The lowest BCUT2D eigenvalue weighted by Crippen LogP contribution is -2.12. The fraction of sp³-hybridized carbons (Fsp3) is 0.133. The summed E-state index contributed by atoms with van der Waals surface area (Å²) < 4.78 is 0. The van der Waals surface area contributed by atoms with Crippen LogP contribution in [0.2, 0.25) is 5.02 Å². The predicted octanol–water partition coefficient (Wildman–Crippen LogP) is 4.21. The minimum Gasteiger partial charge on any atom is -0.322 e. The van der Waals surface area contributed by atoms with Crippen LogP contribution in [0.25, 0.3) is 0 Å². The van der Waals surface area contributed by atoms with Crippen LogP contribution in [0.1, 0.15) is 21.5 Å². The minimum absolute atomic E-state index is 0.125. The van der Waals surface area contributed by atoms with E-state index in [0.717, 1.165) is 16.8 Å². The Balaban J connectivity index is 2.21. The highest BCUT2D eigenvalue weighted by atomic mass is 35.5.